The number of hydrazine groups is 1. The van der Waals surface area contributed by atoms with Gasteiger partial charge in [0.15, 0.2) is 0 Å². The smallest absolute Gasteiger partial charge is 0.0795 e. The summed E-state index contributed by atoms with van der Waals surface area (Å²) in [6, 6.07) is 12.1. The number of hydrogen-bond acceptors (Lipinski definition) is 6. The lowest BCUT2D eigenvalue weighted by atomic mass is 10.1. The Balaban J connectivity index is 0.000000138. The van der Waals surface area contributed by atoms with Crippen LogP contribution >= 0.6 is 0 Å². The number of pyridine rings is 2. The standard InChI is InChI=1S/C12H8N2.2C3H6N2/c1-3-9-5-6-11-10(4-2-7-13-11)12(9)14-8-1;2*1-2-4-5-3-1/h1-8H;2,5H,1,3H2;1-2,4-5H,3H2. The van der Waals surface area contributed by atoms with Crippen LogP contribution in [0.25, 0.3) is 21.8 Å². The van der Waals surface area contributed by atoms with E-state index < -0.39 is 0 Å². The highest BCUT2D eigenvalue weighted by molar-refractivity contribution is 6.03. The zero-order chi connectivity index (χ0) is 16.5. The number of aromatic nitrogens is 2. The van der Waals surface area contributed by atoms with E-state index in [0.29, 0.717) is 0 Å². The molecule has 0 bridgehead atoms. The maximum atomic E-state index is 4.37. The number of nitrogens with zero attached hydrogens (tertiary/aromatic N) is 3. The zero-order valence-electron chi connectivity index (χ0n) is 13.3. The third-order valence-electron chi connectivity index (χ3n) is 3.44. The third kappa shape index (κ3) is 4.27. The fourth-order valence-corrected chi connectivity index (χ4v) is 2.31. The Morgan fingerprint density at radius 1 is 0.958 bits per heavy atom. The van der Waals surface area contributed by atoms with Crippen LogP contribution in [0, 0.1) is 0 Å². The number of hydrogen-bond donors (Lipinski definition) is 3. The summed E-state index contributed by atoms with van der Waals surface area (Å²) in [5.74, 6) is 0. The molecule has 6 nitrogen and oxygen atoms in total. The summed E-state index contributed by atoms with van der Waals surface area (Å²) >= 11 is 0. The van der Waals surface area contributed by atoms with E-state index in [-0.39, 0.29) is 0 Å². The molecule has 0 spiro atoms. The van der Waals surface area contributed by atoms with E-state index in [2.05, 4.69) is 49.5 Å². The summed E-state index contributed by atoms with van der Waals surface area (Å²) < 4.78 is 0. The molecule has 3 aromatic rings. The summed E-state index contributed by atoms with van der Waals surface area (Å²) in [6.07, 6.45) is 10.5. The van der Waals surface area contributed by atoms with Gasteiger partial charge < -0.3 is 10.9 Å². The minimum atomic E-state index is 0.958. The summed E-state index contributed by atoms with van der Waals surface area (Å²) in [6.45, 7) is 1.99. The van der Waals surface area contributed by atoms with Gasteiger partial charge in [0, 0.05) is 55.1 Å². The Kier molecular flexibility index (Phi) is 5.69. The van der Waals surface area contributed by atoms with E-state index in [9.17, 15) is 0 Å². The van der Waals surface area contributed by atoms with Gasteiger partial charge in [-0.15, -0.1) is 0 Å². The van der Waals surface area contributed by atoms with E-state index >= 15 is 0 Å². The largest absolute Gasteiger partial charge is 0.329 e. The molecule has 2 aromatic heterocycles. The number of hydrazone groups is 1. The van der Waals surface area contributed by atoms with Crippen LogP contribution in [-0.2, 0) is 0 Å². The van der Waals surface area contributed by atoms with Gasteiger partial charge in [-0.25, -0.2) is 5.43 Å². The number of nitrogens with one attached hydrogen (secondary N) is 3. The van der Waals surface area contributed by atoms with Crippen molar-refractivity contribution >= 4 is 28.0 Å². The highest BCUT2D eigenvalue weighted by Gasteiger charge is 1.99. The lowest BCUT2D eigenvalue weighted by molar-refractivity contribution is 0.727. The van der Waals surface area contributed by atoms with Gasteiger partial charge in [-0.05, 0) is 24.3 Å². The summed E-state index contributed by atoms with van der Waals surface area (Å²) in [5.41, 5.74) is 10.5. The lowest BCUT2D eigenvalue weighted by Gasteiger charge is -2.00. The van der Waals surface area contributed by atoms with Gasteiger partial charge >= 0.3 is 0 Å². The molecule has 2 aliphatic rings. The minimum Gasteiger partial charge on any atom is -0.329 e. The van der Waals surface area contributed by atoms with Gasteiger partial charge in [0.05, 0.1) is 11.0 Å². The van der Waals surface area contributed by atoms with E-state index in [1.54, 1.807) is 6.20 Å². The molecule has 24 heavy (non-hydrogen) atoms. The molecular formula is C18H20N6. The second-order valence-electron chi connectivity index (χ2n) is 5.15. The SMILES string of the molecule is C1=CNNC1.C1=NNCC1.c1cnc2c(c1)ccc1ncccc12. The van der Waals surface area contributed by atoms with Crippen LogP contribution in [0.15, 0.2) is 66.2 Å². The Morgan fingerprint density at radius 3 is 2.54 bits per heavy atom. The zero-order valence-corrected chi connectivity index (χ0v) is 13.3. The van der Waals surface area contributed by atoms with Crippen molar-refractivity contribution in [2.24, 2.45) is 5.10 Å². The van der Waals surface area contributed by atoms with E-state index in [0.717, 1.165) is 41.3 Å². The Hall–Kier alpha value is -2.99. The van der Waals surface area contributed by atoms with E-state index in [1.807, 2.05) is 42.9 Å². The van der Waals surface area contributed by atoms with Gasteiger partial charge in [-0.2, -0.15) is 5.10 Å². The number of rotatable bonds is 0. The highest BCUT2D eigenvalue weighted by Crippen LogP contribution is 2.20. The quantitative estimate of drug-likeness (QED) is 0.555. The van der Waals surface area contributed by atoms with E-state index in [1.165, 1.54) is 0 Å². The molecule has 122 valence electrons. The Labute approximate surface area is 140 Å². The van der Waals surface area contributed by atoms with Crippen molar-refractivity contribution in [3.05, 3.63) is 61.1 Å². The molecule has 6 heteroatoms. The summed E-state index contributed by atoms with van der Waals surface area (Å²) in [4.78, 5) is 8.66. The molecule has 0 saturated heterocycles. The topological polar surface area (TPSA) is 74.2 Å². The van der Waals surface area contributed by atoms with Crippen molar-refractivity contribution < 1.29 is 0 Å². The molecule has 0 amide bonds. The first-order chi connectivity index (χ1) is 11.9. The second kappa shape index (κ2) is 8.59. The van der Waals surface area contributed by atoms with Crippen LogP contribution in [0.5, 0.6) is 0 Å². The monoisotopic (exact) mass is 320 g/mol. The van der Waals surface area contributed by atoms with Gasteiger partial charge in [0.25, 0.3) is 0 Å². The first kappa shape index (κ1) is 15.9. The van der Waals surface area contributed by atoms with Gasteiger partial charge in [0.2, 0.25) is 0 Å². The van der Waals surface area contributed by atoms with Crippen LogP contribution in [0.2, 0.25) is 0 Å². The summed E-state index contributed by atoms with van der Waals surface area (Å²) in [5, 5.41) is 5.98. The van der Waals surface area contributed by atoms with Crippen molar-refractivity contribution in [2.45, 2.75) is 6.42 Å². The van der Waals surface area contributed by atoms with Crippen molar-refractivity contribution in [3.8, 4) is 0 Å². The van der Waals surface area contributed by atoms with Crippen LogP contribution in [0.3, 0.4) is 0 Å². The first-order valence-corrected chi connectivity index (χ1v) is 7.91. The molecule has 1 aromatic carbocycles. The van der Waals surface area contributed by atoms with Crippen LogP contribution in [0.4, 0.5) is 0 Å². The minimum absolute atomic E-state index is 0.958. The molecule has 0 radical (unpaired) electrons. The highest BCUT2D eigenvalue weighted by atomic mass is 15.4. The van der Waals surface area contributed by atoms with Crippen LogP contribution in [-0.4, -0.2) is 29.3 Å². The van der Waals surface area contributed by atoms with Crippen LogP contribution < -0.4 is 16.3 Å². The fourth-order valence-electron chi connectivity index (χ4n) is 2.31. The second-order valence-corrected chi connectivity index (χ2v) is 5.15. The van der Waals surface area contributed by atoms with Crippen molar-refractivity contribution in [2.75, 3.05) is 13.1 Å². The Morgan fingerprint density at radius 2 is 1.88 bits per heavy atom. The maximum Gasteiger partial charge on any atom is 0.0795 e. The maximum absolute atomic E-state index is 4.37. The van der Waals surface area contributed by atoms with Crippen molar-refractivity contribution in [1.82, 2.24) is 26.2 Å². The van der Waals surface area contributed by atoms with Crippen LogP contribution in [0.1, 0.15) is 6.42 Å². The predicted octanol–water partition coefficient (Wildman–Crippen LogP) is 2.36. The summed E-state index contributed by atoms with van der Waals surface area (Å²) in [7, 11) is 0. The Bertz CT molecular complexity index is 760. The average Bonchev–Trinajstić information content (AvgIpc) is 3.40. The molecule has 0 saturated carbocycles. The molecule has 2 aliphatic heterocycles. The average molecular weight is 320 g/mol. The normalized spacial score (nSPS) is 14.3. The van der Waals surface area contributed by atoms with Gasteiger partial charge in [-0.3, -0.25) is 9.97 Å². The van der Waals surface area contributed by atoms with Gasteiger partial charge in [-0.1, -0.05) is 18.2 Å². The lowest BCUT2D eigenvalue weighted by Crippen LogP contribution is -2.19. The van der Waals surface area contributed by atoms with Crippen molar-refractivity contribution in [3.63, 3.8) is 0 Å². The van der Waals surface area contributed by atoms with Crippen molar-refractivity contribution in [1.29, 1.82) is 0 Å². The molecule has 4 heterocycles. The fraction of sp³-hybridized carbons (Fsp3) is 0.167. The third-order valence-corrected chi connectivity index (χ3v) is 3.44. The molecule has 0 aliphatic carbocycles. The first-order valence-electron chi connectivity index (χ1n) is 7.91. The molecule has 5 rings (SSSR count). The molecule has 0 fully saturated rings. The number of benzene rings is 1. The molecule has 3 N–H and O–H groups in total. The van der Waals surface area contributed by atoms with Gasteiger partial charge in [0.1, 0.15) is 0 Å². The molecular weight excluding hydrogens is 300 g/mol. The van der Waals surface area contributed by atoms with E-state index in [4.69, 9.17) is 0 Å². The predicted molar refractivity (Wildman–Crippen MR) is 98.4 cm³/mol. The molecule has 0 unspecified atom stereocenters. The molecule has 0 atom stereocenters. The number of fused-ring (bicyclic) bond motifs is 3.